The van der Waals surface area contributed by atoms with Crippen LogP contribution in [0.1, 0.15) is 31.4 Å². The maximum absolute atomic E-state index is 3.42. The minimum absolute atomic E-state index is 0.967. The largest absolute Gasteiger partial charge is 0.313 e. The van der Waals surface area contributed by atoms with Crippen molar-refractivity contribution in [1.82, 2.24) is 5.32 Å². The average molecular weight is 189 g/mol. The number of benzene rings is 1. The van der Waals surface area contributed by atoms with Crippen molar-refractivity contribution in [2.24, 2.45) is 0 Å². The Hall–Kier alpha value is -1.08. The van der Waals surface area contributed by atoms with Crippen LogP contribution in [0.3, 0.4) is 0 Å². The molecule has 0 atom stereocenters. The molecule has 76 valence electrons. The molecule has 0 heterocycles. The number of allylic oxidation sites excluding steroid dienone is 1. The third-order valence-corrected chi connectivity index (χ3v) is 2.14. The van der Waals surface area contributed by atoms with Crippen molar-refractivity contribution in [3.8, 4) is 0 Å². The third kappa shape index (κ3) is 3.35. The van der Waals surface area contributed by atoms with E-state index in [2.05, 4.69) is 55.6 Å². The smallest absolute Gasteiger partial charge is 0.0211 e. The molecule has 0 fully saturated rings. The average Bonchev–Trinajstić information content (AvgIpc) is 2.21. The molecule has 1 nitrogen and oxygen atoms in total. The van der Waals surface area contributed by atoms with Gasteiger partial charge in [-0.15, -0.1) is 0 Å². The molecule has 1 N–H and O–H groups in total. The molecule has 14 heavy (non-hydrogen) atoms. The van der Waals surface area contributed by atoms with Crippen LogP contribution in [-0.2, 0) is 6.54 Å². The van der Waals surface area contributed by atoms with Gasteiger partial charge >= 0.3 is 0 Å². The standard InChI is InChI=1S/C13H19N/c1-3-7-12-8-5-6-9-13(12)11-14-10-4-2/h3,5-9,14H,4,10-11H2,1-2H3/b7-3-. The lowest BCUT2D eigenvalue weighted by Crippen LogP contribution is -2.14. The zero-order chi connectivity index (χ0) is 10.2. The molecule has 0 saturated carbocycles. The van der Waals surface area contributed by atoms with Gasteiger partial charge in [-0.2, -0.15) is 0 Å². The predicted molar refractivity (Wildman–Crippen MR) is 63.1 cm³/mol. The molecule has 1 aromatic carbocycles. The molecular formula is C13H19N. The van der Waals surface area contributed by atoms with Crippen LogP contribution in [0.15, 0.2) is 30.3 Å². The Balaban J connectivity index is 2.64. The number of rotatable bonds is 5. The van der Waals surface area contributed by atoms with Crippen LogP contribution in [0.5, 0.6) is 0 Å². The molecule has 0 amide bonds. The van der Waals surface area contributed by atoms with Crippen LogP contribution in [0.4, 0.5) is 0 Å². The summed E-state index contributed by atoms with van der Waals surface area (Å²) in [5.41, 5.74) is 2.69. The van der Waals surface area contributed by atoms with E-state index >= 15 is 0 Å². The van der Waals surface area contributed by atoms with Gasteiger partial charge in [0, 0.05) is 6.54 Å². The van der Waals surface area contributed by atoms with Gasteiger partial charge in [0.1, 0.15) is 0 Å². The van der Waals surface area contributed by atoms with Crippen molar-refractivity contribution in [2.45, 2.75) is 26.8 Å². The van der Waals surface area contributed by atoms with Crippen LogP contribution in [0, 0.1) is 0 Å². The summed E-state index contributed by atoms with van der Waals surface area (Å²) in [6.07, 6.45) is 5.42. The van der Waals surface area contributed by atoms with Gasteiger partial charge in [0.05, 0.1) is 0 Å². The second kappa shape index (κ2) is 6.39. The van der Waals surface area contributed by atoms with Crippen molar-refractivity contribution in [3.05, 3.63) is 41.5 Å². The number of hydrogen-bond donors (Lipinski definition) is 1. The van der Waals surface area contributed by atoms with E-state index in [1.54, 1.807) is 0 Å². The molecule has 0 radical (unpaired) electrons. The van der Waals surface area contributed by atoms with Crippen LogP contribution in [0.25, 0.3) is 6.08 Å². The maximum Gasteiger partial charge on any atom is 0.0211 e. The SMILES string of the molecule is C/C=C\c1ccccc1CNCCC. The summed E-state index contributed by atoms with van der Waals surface area (Å²) in [6, 6.07) is 8.51. The second-order valence-electron chi connectivity index (χ2n) is 3.38. The first-order valence-electron chi connectivity index (χ1n) is 5.29. The molecule has 0 aliphatic heterocycles. The maximum atomic E-state index is 3.42. The van der Waals surface area contributed by atoms with E-state index in [-0.39, 0.29) is 0 Å². The Kier molecular flexibility index (Phi) is 5.02. The van der Waals surface area contributed by atoms with Crippen LogP contribution in [0.2, 0.25) is 0 Å². The summed E-state index contributed by atoms with van der Waals surface area (Å²) in [7, 11) is 0. The fourth-order valence-corrected chi connectivity index (χ4v) is 1.44. The van der Waals surface area contributed by atoms with E-state index in [1.807, 2.05) is 0 Å². The Labute approximate surface area is 86.8 Å². The highest BCUT2D eigenvalue weighted by Crippen LogP contribution is 2.10. The first-order valence-corrected chi connectivity index (χ1v) is 5.29. The van der Waals surface area contributed by atoms with Crippen molar-refractivity contribution in [1.29, 1.82) is 0 Å². The van der Waals surface area contributed by atoms with Gasteiger partial charge in [-0.3, -0.25) is 0 Å². The lowest BCUT2D eigenvalue weighted by Gasteiger charge is -2.06. The molecule has 0 aliphatic rings. The highest BCUT2D eigenvalue weighted by molar-refractivity contribution is 5.53. The molecule has 0 bridgehead atoms. The molecule has 1 heteroatoms. The summed E-state index contributed by atoms with van der Waals surface area (Å²) in [4.78, 5) is 0. The summed E-state index contributed by atoms with van der Waals surface area (Å²) in [5.74, 6) is 0. The molecule has 0 unspecified atom stereocenters. The molecular weight excluding hydrogens is 170 g/mol. The second-order valence-corrected chi connectivity index (χ2v) is 3.38. The Bertz CT molecular complexity index is 289. The van der Waals surface area contributed by atoms with Crippen LogP contribution >= 0.6 is 0 Å². The fourth-order valence-electron chi connectivity index (χ4n) is 1.44. The van der Waals surface area contributed by atoms with Gasteiger partial charge in [-0.05, 0) is 31.0 Å². The van der Waals surface area contributed by atoms with Crippen LogP contribution in [-0.4, -0.2) is 6.54 Å². The minimum atomic E-state index is 0.967. The van der Waals surface area contributed by atoms with Gasteiger partial charge in [0.15, 0.2) is 0 Å². The molecule has 0 aromatic heterocycles. The molecule has 1 rings (SSSR count). The van der Waals surface area contributed by atoms with E-state index in [0.29, 0.717) is 0 Å². The fraction of sp³-hybridized carbons (Fsp3) is 0.385. The van der Waals surface area contributed by atoms with Gasteiger partial charge in [-0.1, -0.05) is 43.3 Å². The van der Waals surface area contributed by atoms with E-state index in [4.69, 9.17) is 0 Å². The summed E-state index contributed by atoms with van der Waals surface area (Å²) in [5, 5.41) is 3.42. The Morgan fingerprint density at radius 2 is 2.07 bits per heavy atom. The van der Waals surface area contributed by atoms with E-state index in [1.165, 1.54) is 17.5 Å². The topological polar surface area (TPSA) is 12.0 Å². The molecule has 0 aliphatic carbocycles. The highest BCUT2D eigenvalue weighted by atomic mass is 14.8. The van der Waals surface area contributed by atoms with Gasteiger partial charge in [-0.25, -0.2) is 0 Å². The van der Waals surface area contributed by atoms with Crippen molar-refractivity contribution in [3.63, 3.8) is 0 Å². The number of hydrogen-bond acceptors (Lipinski definition) is 1. The van der Waals surface area contributed by atoms with Gasteiger partial charge in [0.2, 0.25) is 0 Å². The van der Waals surface area contributed by atoms with Gasteiger partial charge in [0.25, 0.3) is 0 Å². The first kappa shape index (κ1) is 11.0. The quantitative estimate of drug-likeness (QED) is 0.701. The Morgan fingerprint density at radius 1 is 1.29 bits per heavy atom. The highest BCUT2D eigenvalue weighted by Gasteiger charge is 1.96. The van der Waals surface area contributed by atoms with E-state index in [9.17, 15) is 0 Å². The van der Waals surface area contributed by atoms with Crippen molar-refractivity contribution >= 4 is 6.08 Å². The van der Waals surface area contributed by atoms with Gasteiger partial charge < -0.3 is 5.32 Å². The van der Waals surface area contributed by atoms with Crippen LogP contribution < -0.4 is 5.32 Å². The van der Waals surface area contributed by atoms with Crippen molar-refractivity contribution in [2.75, 3.05) is 6.54 Å². The minimum Gasteiger partial charge on any atom is -0.313 e. The monoisotopic (exact) mass is 189 g/mol. The zero-order valence-electron chi connectivity index (χ0n) is 9.09. The molecule has 0 saturated heterocycles. The first-order chi connectivity index (χ1) is 6.88. The lowest BCUT2D eigenvalue weighted by molar-refractivity contribution is 0.675. The van der Waals surface area contributed by atoms with E-state index < -0.39 is 0 Å². The van der Waals surface area contributed by atoms with Crippen molar-refractivity contribution < 1.29 is 0 Å². The normalized spacial score (nSPS) is 11.0. The third-order valence-electron chi connectivity index (χ3n) is 2.14. The zero-order valence-corrected chi connectivity index (χ0v) is 9.09. The molecule has 1 aromatic rings. The molecule has 0 spiro atoms. The number of nitrogens with one attached hydrogen (secondary N) is 1. The Morgan fingerprint density at radius 3 is 2.79 bits per heavy atom. The predicted octanol–water partition coefficient (Wildman–Crippen LogP) is 3.22. The summed E-state index contributed by atoms with van der Waals surface area (Å²) in [6.45, 7) is 6.29. The van der Waals surface area contributed by atoms with E-state index in [0.717, 1.165) is 13.1 Å². The summed E-state index contributed by atoms with van der Waals surface area (Å²) >= 11 is 0. The summed E-state index contributed by atoms with van der Waals surface area (Å²) < 4.78 is 0. The lowest BCUT2D eigenvalue weighted by atomic mass is 10.1.